The molecular formula is C17H21N3O4S. The van der Waals surface area contributed by atoms with E-state index in [2.05, 4.69) is 15.0 Å². The Morgan fingerprint density at radius 1 is 1.24 bits per heavy atom. The second kappa shape index (κ2) is 8.09. The van der Waals surface area contributed by atoms with Gasteiger partial charge in [-0.15, -0.1) is 0 Å². The molecule has 134 valence electrons. The molecule has 0 saturated carbocycles. The molecule has 0 atom stereocenters. The van der Waals surface area contributed by atoms with Crippen molar-refractivity contribution >= 4 is 15.9 Å². The lowest BCUT2D eigenvalue weighted by atomic mass is 10.2. The molecule has 0 saturated heterocycles. The van der Waals surface area contributed by atoms with Gasteiger partial charge in [-0.2, -0.15) is 0 Å². The maximum Gasteiger partial charge on any atom is 0.251 e. The number of benzene rings is 1. The van der Waals surface area contributed by atoms with Gasteiger partial charge in [-0.3, -0.25) is 9.78 Å². The summed E-state index contributed by atoms with van der Waals surface area (Å²) in [6.07, 6.45) is 1.64. The molecule has 0 aliphatic rings. The minimum atomic E-state index is -3.79. The quantitative estimate of drug-likeness (QED) is 0.780. The van der Waals surface area contributed by atoms with Gasteiger partial charge in [0.2, 0.25) is 10.0 Å². The fourth-order valence-corrected chi connectivity index (χ4v) is 3.62. The Morgan fingerprint density at radius 3 is 2.60 bits per heavy atom. The Bertz CT molecular complexity index is 836. The summed E-state index contributed by atoms with van der Waals surface area (Å²) >= 11 is 0. The van der Waals surface area contributed by atoms with Crippen molar-refractivity contribution in [2.24, 2.45) is 0 Å². The molecule has 2 rings (SSSR count). The molecule has 0 aliphatic heterocycles. The normalized spacial score (nSPS) is 11.4. The number of carbonyl (C=O) groups is 1. The molecule has 0 fully saturated rings. The van der Waals surface area contributed by atoms with Gasteiger partial charge in [0.15, 0.2) is 0 Å². The van der Waals surface area contributed by atoms with Crippen LogP contribution in [0.4, 0.5) is 0 Å². The van der Waals surface area contributed by atoms with Gasteiger partial charge in [-0.05, 0) is 44.2 Å². The van der Waals surface area contributed by atoms with Gasteiger partial charge in [0, 0.05) is 17.8 Å². The highest BCUT2D eigenvalue weighted by molar-refractivity contribution is 7.89. The third-order valence-electron chi connectivity index (χ3n) is 3.26. The van der Waals surface area contributed by atoms with Gasteiger partial charge in [0.1, 0.15) is 10.6 Å². The molecule has 0 spiro atoms. The first-order valence-corrected chi connectivity index (χ1v) is 9.20. The highest BCUT2D eigenvalue weighted by Gasteiger charge is 2.22. The van der Waals surface area contributed by atoms with E-state index in [1.165, 1.54) is 25.3 Å². The second-order valence-electron chi connectivity index (χ2n) is 5.65. The molecule has 7 nitrogen and oxygen atoms in total. The molecule has 1 amide bonds. The Hall–Kier alpha value is -2.45. The zero-order valence-electron chi connectivity index (χ0n) is 14.3. The number of nitrogens with zero attached hydrogens (tertiary/aromatic N) is 1. The van der Waals surface area contributed by atoms with Crippen molar-refractivity contribution in [3.05, 3.63) is 53.9 Å². The van der Waals surface area contributed by atoms with Crippen LogP contribution in [-0.4, -0.2) is 32.5 Å². The molecule has 0 unspecified atom stereocenters. The lowest BCUT2D eigenvalue weighted by molar-refractivity contribution is 0.0950. The van der Waals surface area contributed by atoms with E-state index in [1.807, 2.05) is 6.07 Å². The summed E-state index contributed by atoms with van der Waals surface area (Å²) in [5, 5.41) is 2.71. The molecule has 0 bridgehead atoms. The Labute approximate surface area is 147 Å². The average Bonchev–Trinajstić information content (AvgIpc) is 2.59. The van der Waals surface area contributed by atoms with Crippen molar-refractivity contribution in [3.8, 4) is 5.75 Å². The maximum absolute atomic E-state index is 12.4. The molecule has 1 heterocycles. The number of aromatic nitrogens is 1. The van der Waals surface area contributed by atoms with Gasteiger partial charge in [0.25, 0.3) is 5.91 Å². The van der Waals surface area contributed by atoms with E-state index in [9.17, 15) is 13.2 Å². The summed E-state index contributed by atoms with van der Waals surface area (Å²) in [7, 11) is -2.41. The molecule has 2 N–H and O–H groups in total. The topological polar surface area (TPSA) is 97.4 Å². The van der Waals surface area contributed by atoms with Crippen molar-refractivity contribution in [2.75, 3.05) is 7.11 Å². The van der Waals surface area contributed by atoms with Crippen molar-refractivity contribution < 1.29 is 17.9 Å². The highest BCUT2D eigenvalue weighted by atomic mass is 32.2. The van der Waals surface area contributed by atoms with Crippen LogP contribution in [0.5, 0.6) is 5.75 Å². The van der Waals surface area contributed by atoms with E-state index >= 15 is 0 Å². The molecule has 1 aromatic carbocycles. The number of sulfonamides is 1. The number of hydrogen-bond acceptors (Lipinski definition) is 5. The smallest absolute Gasteiger partial charge is 0.251 e. The summed E-state index contributed by atoms with van der Waals surface area (Å²) in [4.78, 5) is 16.4. The minimum absolute atomic E-state index is 0.0748. The van der Waals surface area contributed by atoms with Crippen LogP contribution in [0.15, 0.2) is 47.5 Å². The van der Waals surface area contributed by atoms with Gasteiger partial charge >= 0.3 is 0 Å². The van der Waals surface area contributed by atoms with E-state index in [0.29, 0.717) is 5.69 Å². The fourth-order valence-electron chi connectivity index (χ4n) is 2.18. The number of nitrogens with one attached hydrogen (secondary N) is 2. The SMILES string of the molecule is COc1ccc(C(=O)NCc2ccccn2)cc1S(=O)(=O)NC(C)C. The van der Waals surface area contributed by atoms with Crippen molar-refractivity contribution in [3.63, 3.8) is 0 Å². The summed E-state index contributed by atoms with van der Waals surface area (Å²) in [5.74, 6) is -0.219. The third kappa shape index (κ3) is 5.01. The van der Waals surface area contributed by atoms with Crippen LogP contribution in [0.25, 0.3) is 0 Å². The van der Waals surface area contributed by atoms with Crippen LogP contribution in [0, 0.1) is 0 Å². The zero-order valence-corrected chi connectivity index (χ0v) is 15.1. The predicted octanol–water partition coefficient (Wildman–Crippen LogP) is 1.71. The fraction of sp³-hybridized carbons (Fsp3) is 0.294. The van der Waals surface area contributed by atoms with E-state index in [0.717, 1.165) is 0 Å². The van der Waals surface area contributed by atoms with Crippen molar-refractivity contribution in [2.45, 2.75) is 31.3 Å². The first-order valence-electron chi connectivity index (χ1n) is 7.72. The summed E-state index contributed by atoms with van der Waals surface area (Å²) in [6.45, 7) is 3.68. The van der Waals surface area contributed by atoms with E-state index < -0.39 is 15.9 Å². The monoisotopic (exact) mass is 363 g/mol. The highest BCUT2D eigenvalue weighted by Crippen LogP contribution is 2.25. The maximum atomic E-state index is 12.4. The molecule has 8 heteroatoms. The molecule has 0 radical (unpaired) electrons. The van der Waals surface area contributed by atoms with Crippen molar-refractivity contribution in [1.82, 2.24) is 15.0 Å². The third-order valence-corrected chi connectivity index (χ3v) is 4.94. The minimum Gasteiger partial charge on any atom is -0.495 e. The van der Waals surface area contributed by atoms with Crippen LogP contribution in [0.1, 0.15) is 29.9 Å². The largest absolute Gasteiger partial charge is 0.495 e. The van der Waals surface area contributed by atoms with Crippen molar-refractivity contribution in [1.29, 1.82) is 0 Å². The number of hydrogen-bond donors (Lipinski definition) is 2. The van der Waals surface area contributed by atoms with Crippen LogP contribution < -0.4 is 14.8 Å². The zero-order chi connectivity index (χ0) is 18.4. The second-order valence-corrected chi connectivity index (χ2v) is 7.33. The molecule has 1 aromatic heterocycles. The Balaban J connectivity index is 2.24. The van der Waals surface area contributed by atoms with Crippen LogP contribution >= 0.6 is 0 Å². The first kappa shape index (κ1) is 18.9. The van der Waals surface area contributed by atoms with Gasteiger partial charge in [-0.1, -0.05) is 6.07 Å². The van der Waals surface area contributed by atoms with Crippen LogP contribution in [0.2, 0.25) is 0 Å². The van der Waals surface area contributed by atoms with Crippen LogP contribution in [0.3, 0.4) is 0 Å². The number of ether oxygens (including phenoxy) is 1. The van der Waals surface area contributed by atoms with E-state index in [1.54, 1.807) is 32.2 Å². The number of methoxy groups -OCH3 is 1. The summed E-state index contributed by atoms with van der Waals surface area (Å²) in [5.41, 5.74) is 0.930. The Morgan fingerprint density at radius 2 is 2.00 bits per heavy atom. The van der Waals surface area contributed by atoms with E-state index in [4.69, 9.17) is 4.74 Å². The number of carbonyl (C=O) groups excluding carboxylic acids is 1. The molecule has 2 aromatic rings. The Kier molecular flexibility index (Phi) is 6.11. The number of amides is 1. The van der Waals surface area contributed by atoms with Crippen LogP contribution in [-0.2, 0) is 16.6 Å². The van der Waals surface area contributed by atoms with Gasteiger partial charge in [-0.25, -0.2) is 13.1 Å². The lowest BCUT2D eigenvalue weighted by Crippen LogP contribution is -2.31. The van der Waals surface area contributed by atoms with Gasteiger partial charge in [0.05, 0.1) is 19.3 Å². The molecular weight excluding hydrogens is 342 g/mol. The van der Waals surface area contributed by atoms with E-state index in [-0.39, 0.29) is 28.8 Å². The first-order chi connectivity index (χ1) is 11.8. The lowest BCUT2D eigenvalue weighted by Gasteiger charge is -2.14. The molecule has 0 aliphatic carbocycles. The summed E-state index contributed by atoms with van der Waals surface area (Å²) in [6, 6.07) is 9.40. The number of rotatable bonds is 7. The standard InChI is InChI=1S/C17H21N3O4S/c1-12(2)20-25(22,23)16-10-13(7-8-15(16)24-3)17(21)19-11-14-6-4-5-9-18-14/h4-10,12,20H,11H2,1-3H3,(H,19,21). The molecule has 25 heavy (non-hydrogen) atoms. The number of pyridine rings is 1. The summed E-state index contributed by atoms with van der Waals surface area (Å²) < 4.78 is 32.5. The predicted molar refractivity (Wildman–Crippen MR) is 93.9 cm³/mol. The average molecular weight is 363 g/mol. The van der Waals surface area contributed by atoms with Gasteiger partial charge < -0.3 is 10.1 Å².